The molecular weight excluding hydrogens is 503 g/mol. The van der Waals surface area contributed by atoms with E-state index in [0.717, 1.165) is 12.0 Å². The number of hydrogen-bond donors (Lipinski definition) is 2. The predicted molar refractivity (Wildman–Crippen MR) is 124 cm³/mol. The van der Waals surface area contributed by atoms with Crippen LogP contribution < -0.4 is 10.6 Å². The average molecular weight is 529 g/mol. The van der Waals surface area contributed by atoms with Crippen LogP contribution in [0.3, 0.4) is 0 Å². The van der Waals surface area contributed by atoms with E-state index in [1.807, 2.05) is 24.3 Å². The minimum absolute atomic E-state index is 0. The number of fused-ring (bicyclic) bond motifs is 5. The maximum atomic E-state index is 12.7. The van der Waals surface area contributed by atoms with Gasteiger partial charge in [0.1, 0.15) is 0 Å². The highest BCUT2D eigenvalue weighted by molar-refractivity contribution is 14.0. The smallest absolute Gasteiger partial charge is 0.233 e. The monoisotopic (exact) mass is 528 g/mol. The second-order valence-electron chi connectivity index (χ2n) is 7.63. The van der Waals surface area contributed by atoms with Crippen molar-refractivity contribution in [1.29, 1.82) is 0 Å². The zero-order chi connectivity index (χ0) is 19.7. The molecule has 1 saturated heterocycles. The fourth-order valence-electron chi connectivity index (χ4n) is 4.67. The van der Waals surface area contributed by atoms with Crippen molar-refractivity contribution < 1.29 is 9.59 Å². The number of likely N-dealkylation sites (tertiary alicyclic amines) is 1. The van der Waals surface area contributed by atoms with Gasteiger partial charge in [-0.2, -0.15) is 0 Å². The van der Waals surface area contributed by atoms with Crippen molar-refractivity contribution in [3.05, 3.63) is 47.0 Å². The van der Waals surface area contributed by atoms with E-state index in [9.17, 15) is 9.59 Å². The summed E-state index contributed by atoms with van der Waals surface area (Å²) >= 11 is 6.17. The van der Waals surface area contributed by atoms with Crippen molar-refractivity contribution in [3.8, 4) is 0 Å². The lowest BCUT2D eigenvalue weighted by Crippen LogP contribution is -2.39. The van der Waals surface area contributed by atoms with Crippen molar-refractivity contribution in [2.45, 2.75) is 19.4 Å². The van der Waals surface area contributed by atoms with Gasteiger partial charge in [-0.1, -0.05) is 42.0 Å². The van der Waals surface area contributed by atoms with Crippen LogP contribution >= 0.6 is 35.6 Å². The van der Waals surface area contributed by atoms with E-state index < -0.39 is 0 Å². The summed E-state index contributed by atoms with van der Waals surface area (Å²) in [7, 11) is 1.71. The summed E-state index contributed by atoms with van der Waals surface area (Å²) in [5.41, 5.74) is 0.996. The largest absolute Gasteiger partial charge is 0.356 e. The number of carbonyl (C=O) groups is 2. The Hall–Kier alpha value is -1.61. The number of nitrogens with zero attached hydrogens (tertiary/aromatic N) is 2. The second-order valence-corrected chi connectivity index (χ2v) is 8.03. The number of hydrogen-bond acceptors (Lipinski definition) is 3. The number of carbonyl (C=O) groups excluding carboxylic acids is 2. The molecular formula is C21H26ClIN4O2. The Morgan fingerprint density at radius 3 is 2.41 bits per heavy atom. The van der Waals surface area contributed by atoms with E-state index in [2.05, 4.69) is 27.8 Å². The van der Waals surface area contributed by atoms with Gasteiger partial charge in [0.15, 0.2) is 5.96 Å². The minimum atomic E-state index is -0.111. The lowest BCUT2D eigenvalue weighted by atomic mass is 9.85. The number of allylic oxidation sites excluding steroid dienone is 2. The fourth-order valence-corrected chi connectivity index (χ4v) is 4.87. The van der Waals surface area contributed by atoms with Gasteiger partial charge in [-0.05, 0) is 36.3 Å². The molecule has 1 saturated carbocycles. The molecule has 4 atom stereocenters. The number of guanidine groups is 1. The van der Waals surface area contributed by atoms with Crippen LogP contribution in [0.15, 0.2) is 41.4 Å². The maximum Gasteiger partial charge on any atom is 0.233 e. The number of aliphatic imine (C=N–C) groups is 1. The molecule has 6 nitrogen and oxygen atoms in total. The van der Waals surface area contributed by atoms with Crippen LogP contribution in [0.4, 0.5) is 0 Å². The number of benzene rings is 1. The summed E-state index contributed by atoms with van der Waals surface area (Å²) in [6.45, 7) is 1.65. The Kier molecular flexibility index (Phi) is 7.21. The van der Waals surface area contributed by atoms with Gasteiger partial charge in [-0.25, -0.2) is 0 Å². The first-order valence-electron chi connectivity index (χ1n) is 9.81. The highest BCUT2D eigenvalue weighted by Gasteiger charge is 2.58. The van der Waals surface area contributed by atoms with Gasteiger partial charge >= 0.3 is 0 Å². The number of halogens is 2. The van der Waals surface area contributed by atoms with Gasteiger partial charge in [0.05, 0.1) is 11.8 Å². The number of amides is 2. The molecule has 1 aromatic rings. The van der Waals surface area contributed by atoms with Gasteiger partial charge in [0.25, 0.3) is 0 Å². The van der Waals surface area contributed by atoms with Crippen LogP contribution in [-0.4, -0.2) is 42.8 Å². The summed E-state index contributed by atoms with van der Waals surface area (Å²) in [6.07, 6.45) is 5.90. The van der Waals surface area contributed by atoms with Crippen molar-refractivity contribution in [3.63, 3.8) is 0 Å². The number of imide groups is 1. The van der Waals surface area contributed by atoms with Crippen molar-refractivity contribution >= 4 is 53.4 Å². The van der Waals surface area contributed by atoms with Gasteiger partial charge < -0.3 is 10.6 Å². The molecule has 2 bridgehead atoms. The Bertz CT molecular complexity index is 814. The molecule has 2 amide bonds. The summed E-state index contributed by atoms with van der Waals surface area (Å²) < 4.78 is 0. The van der Waals surface area contributed by atoms with E-state index in [1.165, 1.54) is 4.90 Å². The van der Waals surface area contributed by atoms with Crippen molar-refractivity contribution in [1.82, 2.24) is 15.5 Å². The predicted octanol–water partition coefficient (Wildman–Crippen LogP) is 2.82. The first kappa shape index (κ1) is 22.1. The standard InChI is InChI=1S/C21H25ClN4O2.HI/c1-23-21(25-12-15-5-2-3-6-16(15)22)24-9-4-10-26-19(27)17-13-7-8-14(11-13)18(17)20(26)28;/h2-3,5-8,13-14,17-18H,4,9-12H2,1H3,(H2,23,24,25);1H. The van der Waals surface area contributed by atoms with Crippen LogP contribution in [0.5, 0.6) is 0 Å². The molecule has 4 rings (SSSR count). The van der Waals surface area contributed by atoms with Gasteiger partial charge in [0, 0.05) is 31.7 Å². The second kappa shape index (κ2) is 9.47. The molecule has 2 fully saturated rings. The molecule has 1 aromatic carbocycles. The summed E-state index contributed by atoms with van der Waals surface area (Å²) in [4.78, 5) is 31.0. The first-order valence-corrected chi connectivity index (χ1v) is 10.2. The third-order valence-corrected chi connectivity index (χ3v) is 6.41. The highest BCUT2D eigenvalue weighted by Crippen LogP contribution is 2.52. The Morgan fingerprint density at radius 1 is 1.14 bits per heavy atom. The Labute approximate surface area is 193 Å². The summed E-state index contributed by atoms with van der Waals surface area (Å²) in [6, 6.07) is 7.66. The number of rotatable bonds is 6. The third-order valence-electron chi connectivity index (χ3n) is 6.04. The van der Waals surface area contributed by atoms with Crippen LogP contribution in [-0.2, 0) is 16.1 Å². The minimum Gasteiger partial charge on any atom is -0.356 e. The van der Waals surface area contributed by atoms with E-state index in [1.54, 1.807) is 7.05 Å². The quantitative estimate of drug-likeness (QED) is 0.149. The van der Waals surface area contributed by atoms with E-state index >= 15 is 0 Å². The topological polar surface area (TPSA) is 73.8 Å². The molecule has 2 N–H and O–H groups in total. The Morgan fingerprint density at radius 2 is 1.79 bits per heavy atom. The molecule has 0 spiro atoms. The molecule has 0 aromatic heterocycles. The van der Waals surface area contributed by atoms with Crippen LogP contribution in [0.2, 0.25) is 5.02 Å². The third kappa shape index (κ3) is 4.30. The highest BCUT2D eigenvalue weighted by atomic mass is 127. The lowest BCUT2D eigenvalue weighted by Gasteiger charge is -2.18. The summed E-state index contributed by atoms with van der Waals surface area (Å²) in [5.74, 6) is 1.02. The molecule has 29 heavy (non-hydrogen) atoms. The van der Waals surface area contributed by atoms with Crippen LogP contribution in [0, 0.1) is 23.7 Å². The molecule has 8 heteroatoms. The van der Waals surface area contributed by atoms with Crippen molar-refractivity contribution in [2.24, 2.45) is 28.7 Å². The first-order chi connectivity index (χ1) is 13.6. The number of nitrogens with one attached hydrogen (secondary N) is 2. The Balaban J connectivity index is 0.00000240. The van der Waals surface area contributed by atoms with Crippen molar-refractivity contribution in [2.75, 3.05) is 20.1 Å². The van der Waals surface area contributed by atoms with E-state index in [-0.39, 0.29) is 59.5 Å². The maximum absolute atomic E-state index is 12.7. The van der Waals surface area contributed by atoms with Gasteiger partial charge in [-0.3, -0.25) is 19.5 Å². The average Bonchev–Trinajstić information content (AvgIpc) is 3.37. The van der Waals surface area contributed by atoms with Crippen LogP contribution in [0.1, 0.15) is 18.4 Å². The molecule has 0 radical (unpaired) electrons. The lowest BCUT2D eigenvalue weighted by molar-refractivity contribution is -0.140. The molecule has 4 unspecified atom stereocenters. The van der Waals surface area contributed by atoms with Crippen LogP contribution in [0.25, 0.3) is 0 Å². The zero-order valence-corrected chi connectivity index (χ0v) is 19.4. The molecule has 156 valence electrons. The SMILES string of the molecule is CN=C(NCCCN1C(=O)C2C3C=CC(C3)C2C1=O)NCc1ccccc1Cl.I. The zero-order valence-electron chi connectivity index (χ0n) is 16.3. The summed E-state index contributed by atoms with van der Waals surface area (Å²) in [5, 5.41) is 7.16. The fraction of sp³-hybridized carbons (Fsp3) is 0.476. The molecule has 3 aliphatic rings. The van der Waals surface area contributed by atoms with E-state index in [0.29, 0.717) is 37.0 Å². The molecule has 2 aliphatic carbocycles. The normalized spacial score (nSPS) is 27.2. The molecule has 1 aliphatic heterocycles. The van der Waals surface area contributed by atoms with Gasteiger partial charge in [-0.15, -0.1) is 24.0 Å². The van der Waals surface area contributed by atoms with E-state index in [4.69, 9.17) is 11.6 Å². The molecule has 1 heterocycles. The van der Waals surface area contributed by atoms with Gasteiger partial charge in [0.2, 0.25) is 11.8 Å².